The second kappa shape index (κ2) is 5.45. The first-order chi connectivity index (χ1) is 9.29. The molecule has 0 bridgehead atoms. The van der Waals surface area contributed by atoms with Gasteiger partial charge in [0.2, 0.25) is 0 Å². The van der Waals surface area contributed by atoms with Crippen molar-refractivity contribution in [2.45, 2.75) is 25.2 Å². The molecule has 4 heteroatoms. The van der Waals surface area contributed by atoms with E-state index >= 15 is 0 Å². The first kappa shape index (κ1) is 12.8. The standard InChI is InChI=1S/C15H16IN3/c1-17-15-12(16)13(10-6-3-2-4-7-10)18-14(19-15)11-8-5-9-11/h2-4,6-7,11H,5,8-9H2,1H3,(H,17,18,19). The van der Waals surface area contributed by atoms with Crippen molar-refractivity contribution in [3.63, 3.8) is 0 Å². The van der Waals surface area contributed by atoms with Gasteiger partial charge in [-0.1, -0.05) is 36.8 Å². The van der Waals surface area contributed by atoms with E-state index in [0.717, 1.165) is 26.5 Å². The van der Waals surface area contributed by atoms with Crippen LogP contribution in [0.15, 0.2) is 30.3 Å². The molecule has 19 heavy (non-hydrogen) atoms. The first-order valence-electron chi connectivity index (χ1n) is 6.60. The van der Waals surface area contributed by atoms with Crippen LogP contribution in [0.1, 0.15) is 31.0 Å². The van der Waals surface area contributed by atoms with E-state index in [-0.39, 0.29) is 0 Å². The number of rotatable bonds is 3. The molecule has 1 aliphatic carbocycles. The van der Waals surface area contributed by atoms with E-state index in [0.29, 0.717) is 5.92 Å². The molecule has 2 aromatic rings. The average molecular weight is 365 g/mol. The lowest BCUT2D eigenvalue weighted by Gasteiger charge is -2.25. The summed E-state index contributed by atoms with van der Waals surface area (Å²) in [4.78, 5) is 9.48. The Morgan fingerprint density at radius 2 is 1.89 bits per heavy atom. The molecule has 0 spiro atoms. The molecule has 1 N–H and O–H groups in total. The number of halogens is 1. The van der Waals surface area contributed by atoms with Gasteiger partial charge in [0.05, 0.1) is 9.26 Å². The second-order valence-electron chi connectivity index (χ2n) is 4.84. The zero-order valence-corrected chi connectivity index (χ0v) is 13.0. The van der Waals surface area contributed by atoms with E-state index in [1.165, 1.54) is 19.3 Å². The van der Waals surface area contributed by atoms with Gasteiger partial charge < -0.3 is 5.32 Å². The topological polar surface area (TPSA) is 37.8 Å². The Kier molecular flexibility index (Phi) is 3.68. The number of nitrogens with one attached hydrogen (secondary N) is 1. The van der Waals surface area contributed by atoms with Crippen molar-refractivity contribution in [1.82, 2.24) is 9.97 Å². The summed E-state index contributed by atoms with van der Waals surface area (Å²) in [5, 5.41) is 3.19. The van der Waals surface area contributed by atoms with E-state index in [1.54, 1.807) is 0 Å². The van der Waals surface area contributed by atoms with Crippen LogP contribution < -0.4 is 5.32 Å². The third kappa shape index (κ3) is 2.45. The average Bonchev–Trinajstić information content (AvgIpc) is 2.39. The van der Waals surface area contributed by atoms with Gasteiger partial charge in [-0.15, -0.1) is 0 Å². The summed E-state index contributed by atoms with van der Waals surface area (Å²) < 4.78 is 1.09. The van der Waals surface area contributed by atoms with Gasteiger partial charge in [0.1, 0.15) is 11.6 Å². The number of nitrogens with zero attached hydrogens (tertiary/aromatic N) is 2. The third-order valence-corrected chi connectivity index (χ3v) is 4.64. The van der Waals surface area contributed by atoms with Crippen molar-refractivity contribution in [2.75, 3.05) is 12.4 Å². The fraction of sp³-hybridized carbons (Fsp3) is 0.333. The molecule has 1 aromatic heterocycles. The summed E-state index contributed by atoms with van der Waals surface area (Å²) in [6.07, 6.45) is 3.74. The van der Waals surface area contributed by atoms with Crippen LogP contribution in [0.25, 0.3) is 11.3 Å². The molecule has 0 unspecified atom stereocenters. The van der Waals surface area contributed by atoms with Crippen molar-refractivity contribution in [2.24, 2.45) is 0 Å². The summed E-state index contributed by atoms with van der Waals surface area (Å²) in [6.45, 7) is 0. The lowest BCUT2D eigenvalue weighted by molar-refractivity contribution is 0.402. The SMILES string of the molecule is CNc1nc(C2CCC2)nc(-c2ccccc2)c1I. The summed E-state index contributed by atoms with van der Waals surface area (Å²) in [5.41, 5.74) is 2.20. The first-order valence-corrected chi connectivity index (χ1v) is 7.68. The van der Waals surface area contributed by atoms with Crippen molar-refractivity contribution < 1.29 is 0 Å². The molecule has 1 aliphatic rings. The van der Waals surface area contributed by atoms with Crippen LogP contribution >= 0.6 is 22.6 Å². The summed E-state index contributed by atoms with van der Waals surface area (Å²) in [5.74, 6) is 2.48. The molecule has 0 saturated heterocycles. The van der Waals surface area contributed by atoms with Gasteiger partial charge in [0, 0.05) is 18.5 Å². The maximum absolute atomic E-state index is 4.81. The molecule has 0 amide bonds. The zero-order valence-electron chi connectivity index (χ0n) is 10.9. The van der Waals surface area contributed by atoms with Crippen LogP contribution in [-0.2, 0) is 0 Å². The van der Waals surface area contributed by atoms with Crippen molar-refractivity contribution in [3.8, 4) is 11.3 Å². The van der Waals surface area contributed by atoms with E-state index in [1.807, 2.05) is 13.1 Å². The Bertz CT molecular complexity index is 579. The van der Waals surface area contributed by atoms with E-state index in [4.69, 9.17) is 4.98 Å². The largest absolute Gasteiger partial charge is 0.372 e. The lowest BCUT2D eigenvalue weighted by atomic mass is 9.85. The predicted octanol–water partition coefficient (Wildman–Crippen LogP) is 4.06. The molecule has 0 atom stereocenters. The van der Waals surface area contributed by atoms with Crippen molar-refractivity contribution in [1.29, 1.82) is 0 Å². The van der Waals surface area contributed by atoms with Crippen molar-refractivity contribution >= 4 is 28.4 Å². The van der Waals surface area contributed by atoms with Gasteiger partial charge in [0.15, 0.2) is 0 Å². The predicted molar refractivity (Wildman–Crippen MR) is 86.3 cm³/mol. The van der Waals surface area contributed by atoms with Crippen LogP contribution in [0.5, 0.6) is 0 Å². The maximum Gasteiger partial charge on any atom is 0.143 e. The van der Waals surface area contributed by atoms with E-state index in [2.05, 4.69) is 57.2 Å². The molecule has 3 rings (SSSR count). The van der Waals surface area contributed by atoms with Crippen LogP contribution in [0, 0.1) is 3.57 Å². The van der Waals surface area contributed by atoms with E-state index < -0.39 is 0 Å². The van der Waals surface area contributed by atoms with Crippen LogP contribution in [0.3, 0.4) is 0 Å². The van der Waals surface area contributed by atoms with E-state index in [9.17, 15) is 0 Å². The number of benzene rings is 1. The van der Waals surface area contributed by atoms with Gasteiger partial charge in [0.25, 0.3) is 0 Å². The van der Waals surface area contributed by atoms with Gasteiger partial charge in [-0.05, 0) is 35.4 Å². The molecule has 98 valence electrons. The minimum Gasteiger partial charge on any atom is -0.372 e. The molecule has 0 radical (unpaired) electrons. The molecule has 1 fully saturated rings. The third-order valence-electron chi connectivity index (χ3n) is 3.62. The Labute approximate surface area is 127 Å². The lowest BCUT2D eigenvalue weighted by Crippen LogP contribution is -2.15. The fourth-order valence-corrected chi connectivity index (χ4v) is 3.09. The normalized spacial score (nSPS) is 15.1. The second-order valence-corrected chi connectivity index (χ2v) is 5.92. The zero-order chi connectivity index (χ0) is 13.2. The fourth-order valence-electron chi connectivity index (χ4n) is 2.27. The summed E-state index contributed by atoms with van der Waals surface area (Å²) >= 11 is 2.33. The maximum atomic E-state index is 4.81. The monoisotopic (exact) mass is 365 g/mol. The smallest absolute Gasteiger partial charge is 0.143 e. The Morgan fingerprint density at radius 3 is 2.47 bits per heavy atom. The highest BCUT2D eigenvalue weighted by molar-refractivity contribution is 14.1. The molecule has 1 aromatic carbocycles. The molecule has 1 heterocycles. The number of aromatic nitrogens is 2. The summed E-state index contributed by atoms with van der Waals surface area (Å²) in [6, 6.07) is 10.3. The molecular weight excluding hydrogens is 349 g/mol. The highest BCUT2D eigenvalue weighted by Gasteiger charge is 2.24. The Morgan fingerprint density at radius 1 is 1.16 bits per heavy atom. The highest BCUT2D eigenvalue weighted by atomic mass is 127. The number of hydrogen-bond donors (Lipinski definition) is 1. The van der Waals surface area contributed by atoms with Gasteiger partial charge in [-0.2, -0.15) is 0 Å². The Hall–Kier alpha value is -1.17. The number of anilines is 1. The number of hydrogen-bond acceptors (Lipinski definition) is 3. The molecule has 0 aliphatic heterocycles. The molecular formula is C15H16IN3. The van der Waals surface area contributed by atoms with Crippen molar-refractivity contribution in [3.05, 3.63) is 39.7 Å². The minimum absolute atomic E-state index is 0.548. The van der Waals surface area contributed by atoms with Gasteiger partial charge >= 0.3 is 0 Å². The Balaban J connectivity index is 2.11. The van der Waals surface area contributed by atoms with Gasteiger partial charge in [-0.25, -0.2) is 9.97 Å². The molecule has 1 saturated carbocycles. The van der Waals surface area contributed by atoms with Gasteiger partial charge in [-0.3, -0.25) is 0 Å². The quantitative estimate of drug-likeness (QED) is 0.834. The highest BCUT2D eigenvalue weighted by Crippen LogP contribution is 2.37. The van der Waals surface area contributed by atoms with Crippen LogP contribution in [0.2, 0.25) is 0 Å². The minimum atomic E-state index is 0.548. The summed E-state index contributed by atoms with van der Waals surface area (Å²) in [7, 11) is 1.92. The van der Waals surface area contributed by atoms with Crippen LogP contribution in [-0.4, -0.2) is 17.0 Å². The van der Waals surface area contributed by atoms with Crippen LogP contribution in [0.4, 0.5) is 5.82 Å². The molecule has 3 nitrogen and oxygen atoms in total.